The molecule has 4 rings (SSSR count). The number of nitriles is 1. The quantitative estimate of drug-likeness (QED) is 0.434. The van der Waals surface area contributed by atoms with Crippen LogP contribution in [0.15, 0.2) is 59.9 Å². The van der Waals surface area contributed by atoms with Gasteiger partial charge in [0, 0.05) is 11.4 Å². The summed E-state index contributed by atoms with van der Waals surface area (Å²) in [7, 11) is 0. The molecule has 37 heavy (non-hydrogen) atoms. The van der Waals surface area contributed by atoms with Crippen molar-refractivity contribution in [2.45, 2.75) is 39.1 Å². The number of carbonyl (C=O) groups excluding carboxylic acids is 1. The Morgan fingerprint density at radius 1 is 1.24 bits per heavy atom. The van der Waals surface area contributed by atoms with Gasteiger partial charge in [0.1, 0.15) is 6.04 Å². The number of fused-ring (bicyclic) bond motifs is 1. The second-order valence-corrected chi connectivity index (χ2v) is 8.36. The highest BCUT2D eigenvalue weighted by molar-refractivity contribution is 5.83. The van der Waals surface area contributed by atoms with Crippen molar-refractivity contribution in [3.8, 4) is 6.07 Å². The number of halogens is 3. The minimum absolute atomic E-state index is 0.0819. The molecule has 0 spiro atoms. The average Bonchev–Trinajstić information content (AvgIpc) is 3.24. The summed E-state index contributed by atoms with van der Waals surface area (Å²) in [5.74, 6) is -0.0752. The van der Waals surface area contributed by atoms with Crippen LogP contribution in [0.5, 0.6) is 0 Å². The number of nitrogens with zero attached hydrogens (tertiary/aromatic N) is 6. The Kier molecular flexibility index (Phi) is 6.60. The van der Waals surface area contributed by atoms with Gasteiger partial charge in [0.15, 0.2) is 0 Å². The summed E-state index contributed by atoms with van der Waals surface area (Å²) in [6.45, 7) is 12.8. The molecule has 0 aliphatic carbocycles. The number of hydrogen-bond acceptors (Lipinski definition) is 6. The lowest BCUT2D eigenvalue weighted by Gasteiger charge is -2.34. The number of ether oxygens (including phenoxy) is 1. The van der Waals surface area contributed by atoms with Crippen molar-refractivity contribution in [3.05, 3.63) is 88.0 Å². The number of hydrogen-bond donors (Lipinski definition) is 1. The van der Waals surface area contributed by atoms with Crippen LogP contribution in [0.1, 0.15) is 43.5 Å². The fourth-order valence-corrected chi connectivity index (χ4v) is 3.92. The third-order valence-corrected chi connectivity index (χ3v) is 5.49. The molecule has 3 aromatic rings. The average molecular weight is 507 g/mol. The first-order valence-electron chi connectivity index (χ1n) is 11.0. The second-order valence-electron chi connectivity index (χ2n) is 8.36. The number of alkyl halides is 3. The Labute approximate surface area is 210 Å². The lowest BCUT2D eigenvalue weighted by atomic mass is 9.99. The van der Waals surface area contributed by atoms with Crippen molar-refractivity contribution in [1.29, 1.82) is 5.26 Å². The van der Waals surface area contributed by atoms with Crippen LogP contribution < -0.4 is 10.2 Å². The first kappa shape index (κ1) is 25.3. The van der Waals surface area contributed by atoms with Crippen LogP contribution in [0.4, 0.5) is 35.5 Å². The van der Waals surface area contributed by atoms with Crippen molar-refractivity contribution in [2.24, 2.45) is 0 Å². The third-order valence-electron chi connectivity index (χ3n) is 5.49. The summed E-state index contributed by atoms with van der Waals surface area (Å²) < 4.78 is 46.9. The van der Waals surface area contributed by atoms with Gasteiger partial charge in [0.25, 0.3) is 5.95 Å². The molecule has 2 aromatic carbocycles. The van der Waals surface area contributed by atoms with Crippen molar-refractivity contribution >= 4 is 23.7 Å². The fraction of sp³-hybridized carbons (Fsp3) is 0.240. The number of carbonyl (C=O) groups is 1. The van der Waals surface area contributed by atoms with Gasteiger partial charge in [-0.2, -0.15) is 23.4 Å². The Bertz CT molecular complexity index is 1460. The van der Waals surface area contributed by atoms with Gasteiger partial charge in [-0.25, -0.2) is 14.3 Å². The van der Waals surface area contributed by atoms with E-state index in [9.17, 15) is 18.0 Å². The van der Waals surface area contributed by atoms with Gasteiger partial charge in [-0.05, 0) is 56.7 Å². The molecule has 1 N–H and O–H groups in total. The van der Waals surface area contributed by atoms with E-state index in [2.05, 4.69) is 20.2 Å². The molecule has 1 amide bonds. The minimum Gasteiger partial charge on any atom is -0.447 e. The fourth-order valence-electron chi connectivity index (χ4n) is 3.92. The highest BCUT2D eigenvalue weighted by Crippen LogP contribution is 2.44. The van der Waals surface area contributed by atoms with Crippen LogP contribution in [0.25, 0.3) is 4.85 Å². The van der Waals surface area contributed by atoms with E-state index >= 15 is 0 Å². The van der Waals surface area contributed by atoms with E-state index in [1.165, 1.54) is 21.7 Å². The molecule has 0 fully saturated rings. The maximum atomic E-state index is 13.5. The highest BCUT2D eigenvalue weighted by atomic mass is 19.4. The van der Waals surface area contributed by atoms with Gasteiger partial charge in [0.2, 0.25) is 11.6 Å². The third kappa shape index (κ3) is 4.95. The monoisotopic (exact) mass is 507 g/mol. The van der Waals surface area contributed by atoms with Crippen LogP contribution in [0, 0.1) is 17.9 Å². The van der Waals surface area contributed by atoms with E-state index in [-0.39, 0.29) is 23.3 Å². The predicted octanol–water partition coefficient (Wildman–Crippen LogP) is 6.02. The largest absolute Gasteiger partial charge is 0.447 e. The van der Waals surface area contributed by atoms with Crippen molar-refractivity contribution in [2.75, 3.05) is 10.2 Å². The summed E-state index contributed by atoms with van der Waals surface area (Å²) in [6, 6.07) is 12.3. The van der Waals surface area contributed by atoms with E-state index < -0.39 is 30.0 Å². The van der Waals surface area contributed by atoms with E-state index in [0.717, 1.165) is 12.1 Å². The molecular weight excluding hydrogens is 487 g/mol. The number of amides is 1. The van der Waals surface area contributed by atoms with E-state index in [1.54, 1.807) is 45.0 Å². The zero-order chi connectivity index (χ0) is 26.9. The summed E-state index contributed by atoms with van der Waals surface area (Å²) >= 11 is 0. The first-order valence-corrected chi connectivity index (χ1v) is 11.0. The maximum Gasteiger partial charge on any atom is 0.416 e. The molecule has 0 radical (unpaired) electrons. The van der Waals surface area contributed by atoms with Crippen molar-refractivity contribution in [1.82, 2.24) is 14.8 Å². The van der Waals surface area contributed by atoms with E-state index in [4.69, 9.17) is 16.6 Å². The Hall–Kier alpha value is -4.84. The van der Waals surface area contributed by atoms with Crippen LogP contribution >= 0.6 is 0 Å². The van der Waals surface area contributed by atoms with Crippen molar-refractivity contribution in [3.63, 3.8) is 0 Å². The van der Waals surface area contributed by atoms with Crippen LogP contribution in [-0.2, 0) is 10.9 Å². The molecule has 2 heterocycles. The van der Waals surface area contributed by atoms with Gasteiger partial charge in [0.05, 0.1) is 29.9 Å². The molecule has 1 aliphatic heterocycles. The molecule has 9 nitrogen and oxygen atoms in total. The summed E-state index contributed by atoms with van der Waals surface area (Å²) in [5, 5.41) is 15.9. The number of aromatic nitrogens is 3. The molecule has 1 aromatic heterocycles. The molecule has 188 valence electrons. The number of rotatable bonds is 4. The lowest BCUT2D eigenvalue weighted by molar-refractivity contribution is -0.137. The molecule has 1 atom stereocenters. The molecule has 1 aliphatic rings. The Balaban J connectivity index is 1.90. The Morgan fingerprint density at radius 3 is 2.54 bits per heavy atom. The smallest absolute Gasteiger partial charge is 0.416 e. The van der Waals surface area contributed by atoms with Gasteiger partial charge in [-0.1, -0.05) is 18.2 Å². The predicted molar refractivity (Wildman–Crippen MR) is 127 cm³/mol. The number of benzene rings is 2. The maximum absolute atomic E-state index is 13.5. The summed E-state index contributed by atoms with van der Waals surface area (Å²) in [4.78, 5) is 21.6. The zero-order valence-electron chi connectivity index (χ0n) is 19.9. The van der Waals surface area contributed by atoms with Gasteiger partial charge >= 0.3 is 12.3 Å². The van der Waals surface area contributed by atoms with Gasteiger partial charge in [-0.3, -0.25) is 10.2 Å². The minimum atomic E-state index is -4.59. The molecule has 0 unspecified atom stereocenters. The zero-order valence-corrected chi connectivity index (χ0v) is 19.9. The van der Waals surface area contributed by atoms with Gasteiger partial charge in [-0.15, -0.1) is 5.10 Å². The number of allylic oxidation sites excluding steroid dienone is 2. The lowest BCUT2D eigenvalue weighted by Crippen LogP contribution is -2.30. The summed E-state index contributed by atoms with van der Waals surface area (Å²) in [6.07, 6.45) is -5.81. The number of anilines is 3. The molecule has 0 saturated heterocycles. The molecular formula is C25H20F3N7O2. The summed E-state index contributed by atoms with van der Waals surface area (Å²) in [5.41, 5.74) is 0.747. The van der Waals surface area contributed by atoms with Crippen LogP contribution in [-0.4, -0.2) is 27.0 Å². The van der Waals surface area contributed by atoms with Crippen LogP contribution in [0.3, 0.4) is 0 Å². The Morgan fingerprint density at radius 2 is 1.95 bits per heavy atom. The second kappa shape index (κ2) is 9.66. The van der Waals surface area contributed by atoms with E-state index in [1.807, 2.05) is 6.07 Å². The van der Waals surface area contributed by atoms with E-state index in [0.29, 0.717) is 16.8 Å². The van der Waals surface area contributed by atoms with Crippen LogP contribution in [0.2, 0.25) is 0 Å². The highest BCUT2D eigenvalue weighted by Gasteiger charge is 2.38. The normalized spacial score (nSPS) is 15.2. The number of nitrogens with one attached hydrogen (secondary N) is 1. The topological polar surface area (TPSA) is 100 Å². The SMILES string of the molecule is [C-]#[N+]C1=C(C)N(c2cccc(C(F)(F)F)c2)c2nc(NC(=O)OC(C)C)nn2[C@@H]1c1ccc(C#N)cc1. The standard InChI is InChI=1S/C25H20F3N7O2/c1-14(2)37-24(36)32-22-31-23-34(19-7-5-6-18(12-19)25(26,27)28)15(3)20(30-4)21(35(23)33-22)17-10-8-16(13-29)9-11-17/h5-12,14,21H,1-3H3,(H,32,33,36)/t21-/m1/s1. The molecule has 12 heteroatoms. The van der Waals surface area contributed by atoms with Crippen molar-refractivity contribution < 1.29 is 22.7 Å². The molecule has 0 saturated carbocycles. The molecule has 0 bridgehead atoms. The van der Waals surface area contributed by atoms with Gasteiger partial charge < -0.3 is 4.74 Å². The first-order chi connectivity index (χ1) is 17.5.